The summed E-state index contributed by atoms with van der Waals surface area (Å²) < 4.78 is 4.83. The van der Waals surface area contributed by atoms with E-state index in [1.54, 1.807) is 13.1 Å². The van der Waals surface area contributed by atoms with Gasteiger partial charge in [0.2, 0.25) is 0 Å². The van der Waals surface area contributed by atoms with E-state index in [1.165, 1.54) is 7.11 Å². The Morgan fingerprint density at radius 1 is 1.64 bits per heavy atom. The maximum Gasteiger partial charge on any atom is 0.316 e. The number of nitrogens with two attached hydrogens (primary N) is 1. The van der Waals surface area contributed by atoms with Gasteiger partial charge >= 0.3 is 6.01 Å². The third-order valence-corrected chi connectivity index (χ3v) is 1.77. The zero-order chi connectivity index (χ0) is 10.6. The molecule has 0 aliphatic heterocycles. The number of rotatable bonds is 4. The van der Waals surface area contributed by atoms with Crippen LogP contribution >= 0.6 is 0 Å². The molecule has 76 valence electrons. The number of ether oxygens (including phenoxy) is 1. The van der Waals surface area contributed by atoms with Crippen LogP contribution in [0.1, 0.15) is 22.5 Å². The van der Waals surface area contributed by atoms with Gasteiger partial charge in [-0.1, -0.05) is 0 Å². The van der Waals surface area contributed by atoms with Crippen LogP contribution in [0, 0.1) is 6.92 Å². The van der Waals surface area contributed by atoms with E-state index >= 15 is 0 Å². The molecular weight excluding hydrogens is 182 g/mol. The minimum absolute atomic E-state index is 0.0781. The van der Waals surface area contributed by atoms with Crippen LogP contribution in [-0.2, 0) is 0 Å². The van der Waals surface area contributed by atoms with Gasteiger partial charge in [-0.15, -0.1) is 0 Å². The highest BCUT2D eigenvalue weighted by Crippen LogP contribution is 2.09. The van der Waals surface area contributed by atoms with Crippen molar-refractivity contribution in [3.05, 3.63) is 17.5 Å². The summed E-state index contributed by atoms with van der Waals surface area (Å²) in [6.45, 7) is 2.10. The fourth-order valence-corrected chi connectivity index (χ4v) is 1.06. The zero-order valence-electron chi connectivity index (χ0n) is 8.28. The van der Waals surface area contributed by atoms with Crippen LogP contribution in [0.15, 0.2) is 6.20 Å². The van der Waals surface area contributed by atoms with Gasteiger partial charge in [0, 0.05) is 12.6 Å². The van der Waals surface area contributed by atoms with Crippen LogP contribution in [-0.4, -0.2) is 29.4 Å². The number of Topliss-reactive ketones (excluding diaryl/α,β-unsaturated/α-hetero) is 1. The summed E-state index contributed by atoms with van der Waals surface area (Å²) >= 11 is 0. The van der Waals surface area contributed by atoms with Crippen LogP contribution in [0.3, 0.4) is 0 Å². The Labute approximate surface area is 82.3 Å². The second kappa shape index (κ2) is 4.66. The molecule has 5 nitrogen and oxygen atoms in total. The summed E-state index contributed by atoms with van der Waals surface area (Å²) in [6.07, 6.45) is 1.86. The van der Waals surface area contributed by atoms with E-state index in [9.17, 15) is 4.79 Å². The van der Waals surface area contributed by atoms with Crippen LogP contribution in [0.2, 0.25) is 0 Å². The summed E-state index contributed by atoms with van der Waals surface area (Å²) in [5.41, 5.74) is 6.42. The Bertz CT molecular complexity index is 339. The lowest BCUT2D eigenvalue weighted by molar-refractivity contribution is 0.0978. The van der Waals surface area contributed by atoms with Crippen molar-refractivity contribution in [2.75, 3.05) is 13.7 Å². The first-order valence-electron chi connectivity index (χ1n) is 4.30. The van der Waals surface area contributed by atoms with Crippen molar-refractivity contribution < 1.29 is 9.53 Å². The lowest BCUT2D eigenvalue weighted by Crippen LogP contribution is -2.12. The number of hydrogen-bond donors (Lipinski definition) is 1. The standard InChI is InChI=1S/C9H13N3O2/c1-6-5-11-9(14-2)12-8(6)7(13)3-4-10/h5H,3-4,10H2,1-2H3. The molecule has 1 aromatic heterocycles. The molecule has 2 N–H and O–H groups in total. The average molecular weight is 195 g/mol. The van der Waals surface area contributed by atoms with Crippen molar-refractivity contribution in [2.45, 2.75) is 13.3 Å². The maximum absolute atomic E-state index is 11.5. The lowest BCUT2D eigenvalue weighted by Gasteiger charge is -2.04. The minimum Gasteiger partial charge on any atom is -0.467 e. The molecule has 0 bridgehead atoms. The quantitative estimate of drug-likeness (QED) is 0.700. The van der Waals surface area contributed by atoms with Gasteiger partial charge in [-0.05, 0) is 19.0 Å². The van der Waals surface area contributed by atoms with E-state index in [4.69, 9.17) is 10.5 Å². The number of aryl methyl sites for hydroxylation is 1. The topological polar surface area (TPSA) is 78.1 Å². The number of nitrogens with zero attached hydrogens (tertiary/aromatic N) is 2. The van der Waals surface area contributed by atoms with Crippen LogP contribution in [0.4, 0.5) is 0 Å². The Morgan fingerprint density at radius 3 is 2.93 bits per heavy atom. The zero-order valence-corrected chi connectivity index (χ0v) is 8.28. The molecular formula is C9H13N3O2. The second-order valence-corrected chi connectivity index (χ2v) is 2.85. The van der Waals surface area contributed by atoms with Gasteiger partial charge in [-0.2, -0.15) is 4.98 Å². The Morgan fingerprint density at radius 2 is 2.36 bits per heavy atom. The van der Waals surface area contributed by atoms with Gasteiger partial charge in [0.15, 0.2) is 5.78 Å². The average Bonchev–Trinajstić information content (AvgIpc) is 2.19. The summed E-state index contributed by atoms with van der Waals surface area (Å²) in [5, 5.41) is 0. The molecule has 0 aliphatic carbocycles. The molecule has 0 amide bonds. The number of carbonyl (C=O) groups is 1. The van der Waals surface area contributed by atoms with E-state index < -0.39 is 0 Å². The van der Waals surface area contributed by atoms with E-state index in [0.29, 0.717) is 18.7 Å². The molecule has 14 heavy (non-hydrogen) atoms. The third kappa shape index (κ3) is 2.26. The first-order chi connectivity index (χ1) is 6.69. The van der Waals surface area contributed by atoms with E-state index in [1.807, 2.05) is 0 Å². The van der Waals surface area contributed by atoms with Crippen molar-refractivity contribution in [3.63, 3.8) is 0 Å². The minimum atomic E-state index is -0.0781. The van der Waals surface area contributed by atoms with Gasteiger partial charge in [0.1, 0.15) is 5.69 Å². The molecule has 0 aromatic carbocycles. The van der Waals surface area contributed by atoms with Crippen molar-refractivity contribution in [2.24, 2.45) is 5.73 Å². The van der Waals surface area contributed by atoms with Crippen LogP contribution < -0.4 is 10.5 Å². The normalized spacial score (nSPS) is 9.93. The lowest BCUT2D eigenvalue weighted by atomic mass is 10.1. The monoisotopic (exact) mass is 195 g/mol. The molecule has 0 spiro atoms. The second-order valence-electron chi connectivity index (χ2n) is 2.85. The van der Waals surface area contributed by atoms with Gasteiger partial charge in [-0.25, -0.2) is 4.98 Å². The number of aromatic nitrogens is 2. The number of methoxy groups -OCH3 is 1. The molecule has 1 rings (SSSR count). The molecule has 0 saturated heterocycles. The third-order valence-electron chi connectivity index (χ3n) is 1.77. The molecule has 0 atom stereocenters. The molecule has 5 heteroatoms. The predicted molar refractivity (Wildman–Crippen MR) is 51.3 cm³/mol. The predicted octanol–water partition coefficient (Wildman–Crippen LogP) is 0.325. The van der Waals surface area contributed by atoms with E-state index in [0.717, 1.165) is 5.56 Å². The van der Waals surface area contributed by atoms with Gasteiger partial charge in [0.25, 0.3) is 0 Å². The molecule has 1 aromatic rings. The van der Waals surface area contributed by atoms with Crippen LogP contribution in [0.25, 0.3) is 0 Å². The highest BCUT2D eigenvalue weighted by atomic mass is 16.5. The summed E-state index contributed by atoms with van der Waals surface area (Å²) in [7, 11) is 1.46. The largest absolute Gasteiger partial charge is 0.467 e. The fourth-order valence-electron chi connectivity index (χ4n) is 1.06. The molecule has 0 aliphatic rings. The van der Waals surface area contributed by atoms with Crippen molar-refractivity contribution >= 4 is 5.78 Å². The summed E-state index contributed by atoms with van der Waals surface area (Å²) in [4.78, 5) is 19.4. The Balaban J connectivity index is 2.99. The first kappa shape index (κ1) is 10.6. The SMILES string of the molecule is COc1ncc(C)c(C(=O)CCN)n1. The highest BCUT2D eigenvalue weighted by molar-refractivity contribution is 5.95. The first-order valence-corrected chi connectivity index (χ1v) is 4.30. The summed E-state index contributed by atoms with van der Waals surface area (Å²) in [5.74, 6) is -0.0781. The molecule has 0 saturated carbocycles. The van der Waals surface area contributed by atoms with Crippen molar-refractivity contribution in [1.29, 1.82) is 0 Å². The molecule has 0 unspecified atom stereocenters. The Hall–Kier alpha value is -1.49. The van der Waals surface area contributed by atoms with Gasteiger partial charge < -0.3 is 10.5 Å². The number of hydrogen-bond acceptors (Lipinski definition) is 5. The summed E-state index contributed by atoms with van der Waals surface area (Å²) in [6, 6.07) is 0.205. The van der Waals surface area contributed by atoms with Crippen molar-refractivity contribution in [1.82, 2.24) is 9.97 Å². The van der Waals surface area contributed by atoms with E-state index in [-0.39, 0.29) is 11.8 Å². The molecule has 1 heterocycles. The van der Waals surface area contributed by atoms with Crippen molar-refractivity contribution in [3.8, 4) is 6.01 Å². The molecule has 0 radical (unpaired) electrons. The van der Waals surface area contributed by atoms with Crippen LogP contribution in [0.5, 0.6) is 6.01 Å². The smallest absolute Gasteiger partial charge is 0.316 e. The van der Waals surface area contributed by atoms with E-state index in [2.05, 4.69) is 9.97 Å². The fraction of sp³-hybridized carbons (Fsp3) is 0.444. The van der Waals surface area contributed by atoms with Gasteiger partial charge in [-0.3, -0.25) is 4.79 Å². The highest BCUT2D eigenvalue weighted by Gasteiger charge is 2.11. The van der Waals surface area contributed by atoms with Gasteiger partial charge in [0.05, 0.1) is 7.11 Å². The number of carbonyl (C=O) groups excluding carboxylic acids is 1. The maximum atomic E-state index is 11.5. The number of ketones is 1. The Kier molecular flexibility index (Phi) is 3.53. The molecule has 0 fully saturated rings.